The molecular formula is C15H13NO3S2. The van der Waals surface area contributed by atoms with Gasteiger partial charge in [0.25, 0.3) is 0 Å². The third-order valence-electron chi connectivity index (χ3n) is 3.22. The number of benzene rings is 1. The molecule has 1 aliphatic rings. The molecule has 1 aromatic carbocycles. The number of nitrogens with zero attached hydrogens (tertiary/aromatic N) is 1. The summed E-state index contributed by atoms with van der Waals surface area (Å²) in [5, 5.41) is 1.99. The monoisotopic (exact) mass is 319 g/mol. The molecule has 1 amide bonds. The highest BCUT2D eigenvalue weighted by atomic mass is 32.2. The molecule has 2 aromatic rings. The van der Waals surface area contributed by atoms with Crippen molar-refractivity contribution >= 4 is 40.7 Å². The van der Waals surface area contributed by atoms with Crippen LogP contribution in [0.5, 0.6) is 0 Å². The van der Waals surface area contributed by atoms with E-state index in [0.717, 1.165) is 15.5 Å². The molecule has 4 nitrogen and oxygen atoms in total. The van der Waals surface area contributed by atoms with E-state index in [1.54, 1.807) is 28.4 Å². The number of ether oxygens (including phenoxy) is 1. The third kappa shape index (κ3) is 2.82. The number of anilines is 1. The topological polar surface area (TPSA) is 46.6 Å². The van der Waals surface area contributed by atoms with E-state index < -0.39 is 5.97 Å². The first-order valence-electron chi connectivity index (χ1n) is 6.37. The molecule has 21 heavy (non-hydrogen) atoms. The van der Waals surface area contributed by atoms with Crippen LogP contribution in [0, 0.1) is 0 Å². The average Bonchev–Trinajstić information content (AvgIpc) is 3.02. The maximum atomic E-state index is 12.2. The molecule has 0 fully saturated rings. The highest BCUT2D eigenvalue weighted by Gasteiger charge is 2.26. The summed E-state index contributed by atoms with van der Waals surface area (Å²) < 4.78 is 4.75. The zero-order valence-electron chi connectivity index (χ0n) is 11.4. The van der Waals surface area contributed by atoms with E-state index in [1.165, 1.54) is 18.9 Å². The molecule has 0 bridgehead atoms. The Balaban J connectivity index is 1.98. The van der Waals surface area contributed by atoms with Crippen LogP contribution in [0.1, 0.15) is 15.2 Å². The largest absolute Gasteiger partial charge is 0.465 e. The highest BCUT2D eigenvalue weighted by molar-refractivity contribution is 8.00. The number of carbonyl (C=O) groups excluding carboxylic acids is 2. The van der Waals surface area contributed by atoms with E-state index in [1.807, 2.05) is 23.6 Å². The molecular weight excluding hydrogens is 306 g/mol. The van der Waals surface area contributed by atoms with Gasteiger partial charge in [-0.25, -0.2) is 4.79 Å². The highest BCUT2D eigenvalue weighted by Crippen LogP contribution is 2.37. The van der Waals surface area contributed by atoms with Crippen LogP contribution in [-0.4, -0.2) is 24.7 Å². The number of esters is 1. The lowest BCUT2D eigenvalue weighted by Gasteiger charge is -2.29. The van der Waals surface area contributed by atoms with Crippen LogP contribution in [0.15, 0.2) is 40.6 Å². The van der Waals surface area contributed by atoms with E-state index in [2.05, 4.69) is 0 Å². The van der Waals surface area contributed by atoms with Crippen LogP contribution < -0.4 is 4.90 Å². The maximum Gasteiger partial charge on any atom is 0.337 e. The number of amides is 1. The number of methoxy groups -OCH3 is 1. The minimum absolute atomic E-state index is 0.0583. The van der Waals surface area contributed by atoms with Crippen molar-refractivity contribution < 1.29 is 14.3 Å². The fourth-order valence-corrected chi connectivity index (χ4v) is 3.79. The van der Waals surface area contributed by atoms with Crippen molar-refractivity contribution in [2.45, 2.75) is 11.4 Å². The summed E-state index contributed by atoms with van der Waals surface area (Å²) in [4.78, 5) is 27.8. The quantitative estimate of drug-likeness (QED) is 0.815. The molecule has 0 N–H and O–H groups in total. The van der Waals surface area contributed by atoms with Gasteiger partial charge < -0.3 is 9.64 Å². The first kappa shape index (κ1) is 14.2. The van der Waals surface area contributed by atoms with Gasteiger partial charge in [-0.05, 0) is 29.6 Å². The Morgan fingerprint density at radius 3 is 2.95 bits per heavy atom. The second-order valence-electron chi connectivity index (χ2n) is 4.52. The van der Waals surface area contributed by atoms with E-state index in [0.29, 0.717) is 17.9 Å². The summed E-state index contributed by atoms with van der Waals surface area (Å²) in [7, 11) is 1.35. The van der Waals surface area contributed by atoms with Crippen LogP contribution in [0.4, 0.5) is 5.69 Å². The van der Waals surface area contributed by atoms with Gasteiger partial charge >= 0.3 is 5.97 Å². The van der Waals surface area contributed by atoms with Gasteiger partial charge in [0.05, 0.1) is 30.7 Å². The van der Waals surface area contributed by atoms with E-state index >= 15 is 0 Å². The number of rotatable bonds is 3. The average molecular weight is 319 g/mol. The summed E-state index contributed by atoms with van der Waals surface area (Å²) in [6.07, 6.45) is 0. The second-order valence-corrected chi connectivity index (χ2v) is 6.57. The van der Waals surface area contributed by atoms with Crippen molar-refractivity contribution in [1.29, 1.82) is 0 Å². The molecule has 0 saturated heterocycles. The molecule has 3 rings (SSSR count). The van der Waals surface area contributed by atoms with Crippen molar-refractivity contribution in [1.82, 2.24) is 0 Å². The summed E-state index contributed by atoms with van der Waals surface area (Å²) >= 11 is 3.12. The number of carbonyl (C=O) groups is 2. The second kappa shape index (κ2) is 5.91. The van der Waals surface area contributed by atoms with Gasteiger partial charge in [0.2, 0.25) is 5.91 Å². The summed E-state index contributed by atoms with van der Waals surface area (Å²) in [5.74, 6) is 0.0930. The Hall–Kier alpha value is -1.79. The molecule has 0 spiro atoms. The SMILES string of the molecule is COC(=O)c1ccc2c(c1)N(Cc1cccs1)C(=O)CS2. The molecule has 6 heteroatoms. The third-order valence-corrected chi connectivity index (χ3v) is 5.13. The summed E-state index contributed by atoms with van der Waals surface area (Å²) in [6.45, 7) is 0.536. The van der Waals surface area contributed by atoms with Crippen LogP contribution in [0.2, 0.25) is 0 Å². The Labute approximate surface area is 130 Å². The van der Waals surface area contributed by atoms with Crippen LogP contribution in [0.25, 0.3) is 0 Å². The maximum absolute atomic E-state index is 12.2. The molecule has 0 unspecified atom stereocenters. The number of thioether (sulfide) groups is 1. The molecule has 0 atom stereocenters. The number of hydrogen-bond acceptors (Lipinski definition) is 5. The Morgan fingerprint density at radius 2 is 2.24 bits per heavy atom. The summed E-state index contributed by atoms with van der Waals surface area (Å²) in [6, 6.07) is 9.31. The van der Waals surface area contributed by atoms with E-state index in [9.17, 15) is 9.59 Å². The Bertz CT molecular complexity index is 682. The molecule has 0 aliphatic carbocycles. The van der Waals surface area contributed by atoms with Gasteiger partial charge in [0.15, 0.2) is 0 Å². The molecule has 1 aromatic heterocycles. The van der Waals surface area contributed by atoms with Crippen molar-refractivity contribution in [3.63, 3.8) is 0 Å². The molecule has 108 valence electrons. The van der Waals surface area contributed by atoms with Crippen molar-refractivity contribution in [2.75, 3.05) is 17.8 Å². The molecule has 0 radical (unpaired) electrons. The zero-order chi connectivity index (χ0) is 14.8. The van der Waals surface area contributed by atoms with Crippen LogP contribution >= 0.6 is 23.1 Å². The van der Waals surface area contributed by atoms with Gasteiger partial charge in [0, 0.05) is 9.77 Å². The molecule has 0 saturated carbocycles. The van der Waals surface area contributed by atoms with Gasteiger partial charge in [-0.2, -0.15) is 0 Å². The normalized spacial score (nSPS) is 14.0. The fourth-order valence-electron chi connectivity index (χ4n) is 2.18. The van der Waals surface area contributed by atoms with Gasteiger partial charge in [-0.15, -0.1) is 23.1 Å². The minimum Gasteiger partial charge on any atom is -0.465 e. The number of thiophene rings is 1. The molecule has 1 aliphatic heterocycles. The van der Waals surface area contributed by atoms with Crippen LogP contribution in [0.3, 0.4) is 0 Å². The van der Waals surface area contributed by atoms with E-state index in [-0.39, 0.29) is 5.91 Å². The smallest absolute Gasteiger partial charge is 0.337 e. The van der Waals surface area contributed by atoms with E-state index in [4.69, 9.17) is 4.74 Å². The van der Waals surface area contributed by atoms with Crippen molar-refractivity contribution in [3.05, 3.63) is 46.2 Å². The predicted octanol–water partition coefficient (Wildman–Crippen LogP) is 3.17. The lowest BCUT2D eigenvalue weighted by molar-refractivity contribution is -0.116. The predicted molar refractivity (Wildman–Crippen MR) is 84.0 cm³/mol. The lowest BCUT2D eigenvalue weighted by atomic mass is 10.1. The standard InChI is InChI=1S/C15H13NO3S2/c1-19-15(18)10-4-5-13-12(7-10)16(14(17)9-21-13)8-11-3-2-6-20-11/h2-7H,8-9H2,1H3. The minimum atomic E-state index is -0.392. The van der Waals surface area contributed by atoms with Crippen molar-refractivity contribution in [3.8, 4) is 0 Å². The van der Waals surface area contributed by atoms with Crippen molar-refractivity contribution in [2.24, 2.45) is 0 Å². The first-order valence-corrected chi connectivity index (χ1v) is 8.23. The van der Waals surface area contributed by atoms with Gasteiger partial charge in [-0.3, -0.25) is 4.79 Å². The van der Waals surface area contributed by atoms with Gasteiger partial charge in [-0.1, -0.05) is 6.07 Å². The Kier molecular flexibility index (Phi) is 3.98. The number of hydrogen-bond donors (Lipinski definition) is 0. The first-order chi connectivity index (χ1) is 10.2. The number of fused-ring (bicyclic) bond motifs is 1. The lowest BCUT2D eigenvalue weighted by Crippen LogP contribution is -2.34. The van der Waals surface area contributed by atoms with Gasteiger partial charge in [0.1, 0.15) is 0 Å². The summed E-state index contributed by atoms with van der Waals surface area (Å²) in [5.41, 5.74) is 1.25. The van der Waals surface area contributed by atoms with Crippen LogP contribution in [-0.2, 0) is 16.1 Å². The fraction of sp³-hybridized carbons (Fsp3) is 0.200. The molecule has 2 heterocycles. The Morgan fingerprint density at radius 1 is 1.38 bits per heavy atom. The zero-order valence-corrected chi connectivity index (χ0v) is 13.0.